The van der Waals surface area contributed by atoms with Crippen LogP contribution in [0.4, 0.5) is 0 Å². The van der Waals surface area contributed by atoms with E-state index in [-0.39, 0.29) is 25.0 Å². The third-order valence-electron chi connectivity index (χ3n) is 15.1. The number of aromatic nitrogens is 4. The first-order chi connectivity index (χ1) is 37.9. The Labute approximate surface area is 462 Å². The van der Waals surface area contributed by atoms with Crippen LogP contribution < -0.4 is 42.3 Å². The normalized spacial score (nSPS) is 23.6. The molecule has 2 N–H and O–H groups in total. The SMILES string of the molecule is COc1ccc(C(OC[C@H]2O[C@@H](n3cc(C)c(=O)[nH]c3=O)C[C@@H]2O[P@@]2(=O)O[C@H]([C@H]3O[C@@H](n4cc(C)c(=O)[nH]c4=O)C[C@@H]3O[Si](c3ccccc3)(c3ccccc3)C(C)(C)C)CCS2)(c2ccccc2)c2ccc(OC)cc2)cc1. The number of aryl methyl sites for hydroxylation is 2. The van der Waals surface area contributed by atoms with Crippen molar-refractivity contribution in [1.29, 1.82) is 0 Å². The van der Waals surface area contributed by atoms with Crippen molar-refractivity contribution in [2.24, 2.45) is 0 Å². The molecule has 0 amide bonds. The minimum absolute atomic E-state index is 0.0114. The number of hydrogen-bond acceptors (Lipinski definition) is 14. The van der Waals surface area contributed by atoms with Crippen LogP contribution in [0.3, 0.4) is 0 Å². The molecule has 414 valence electrons. The number of ether oxygens (including phenoxy) is 5. The lowest BCUT2D eigenvalue weighted by atomic mass is 9.80. The highest BCUT2D eigenvalue weighted by Gasteiger charge is 2.57. The Kier molecular flexibility index (Phi) is 16.3. The van der Waals surface area contributed by atoms with Crippen LogP contribution in [0.15, 0.2) is 171 Å². The lowest BCUT2D eigenvalue weighted by Crippen LogP contribution is -2.68. The fraction of sp³-hybridized carbons (Fsp3) is 0.356. The van der Waals surface area contributed by atoms with Gasteiger partial charge in [-0.25, -0.2) is 14.2 Å². The second kappa shape index (κ2) is 23.0. The van der Waals surface area contributed by atoms with E-state index in [4.69, 9.17) is 37.2 Å². The van der Waals surface area contributed by atoms with E-state index in [1.54, 1.807) is 28.1 Å². The Morgan fingerprint density at radius 3 is 1.61 bits per heavy atom. The zero-order valence-corrected chi connectivity index (χ0v) is 47.8. The molecule has 79 heavy (non-hydrogen) atoms. The van der Waals surface area contributed by atoms with Crippen molar-refractivity contribution in [1.82, 2.24) is 19.1 Å². The summed E-state index contributed by atoms with van der Waals surface area (Å²) < 4.78 is 71.9. The largest absolute Gasteiger partial charge is 0.497 e. The van der Waals surface area contributed by atoms with E-state index in [2.05, 4.69) is 55.0 Å². The summed E-state index contributed by atoms with van der Waals surface area (Å²) in [4.78, 5) is 57.3. The van der Waals surface area contributed by atoms with Crippen molar-refractivity contribution in [2.45, 2.75) is 107 Å². The Bertz CT molecular complexity index is 3450. The summed E-state index contributed by atoms with van der Waals surface area (Å²) in [5, 5.41) is 1.60. The number of nitrogens with one attached hydrogen (secondary N) is 2. The van der Waals surface area contributed by atoms with Crippen molar-refractivity contribution in [2.75, 3.05) is 26.6 Å². The summed E-state index contributed by atoms with van der Waals surface area (Å²) in [6.07, 6.45) is -2.87. The Morgan fingerprint density at radius 2 is 1.11 bits per heavy atom. The summed E-state index contributed by atoms with van der Waals surface area (Å²) in [6, 6.07) is 45.2. The number of hydrogen-bond donors (Lipinski definition) is 2. The molecule has 0 radical (unpaired) electrons. The van der Waals surface area contributed by atoms with Gasteiger partial charge in [0.25, 0.3) is 19.4 Å². The van der Waals surface area contributed by atoms with Crippen LogP contribution in [0.1, 0.15) is 80.3 Å². The second-order valence-corrected chi connectivity index (χ2v) is 29.5. The Morgan fingerprint density at radius 1 is 0.646 bits per heavy atom. The molecule has 2 aromatic heterocycles. The topological polar surface area (TPSA) is 201 Å². The van der Waals surface area contributed by atoms with E-state index in [9.17, 15) is 19.2 Å². The third kappa shape index (κ3) is 11.1. The Hall–Kier alpha value is -6.38. The van der Waals surface area contributed by atoms with Gasteiger partial charge in [-0.1, -0.05) is 136 Å². The fourth-order valence-electron chi connectivity index (χ4n) is 11.2. The fourth-order valence-corrected chi connectivity index (χ4v) is 19.7. The quantitative estimate of drug-likeness (QED) is 0.0502. The van der Waals surface area contributed by atoms with Gasteiger partial charge in [-0.05, 0) is 88.0 Å². The maximum absolute atomic E-state index is 15.7. The van der Waals surface area contributed by atoms with Gasteiger partial charge < -0.3 is 28.1 Å². The average Bonchev–Trinajstić information content (AvgIpc) is 4.28. The van der Waals surface area contributed by atoms with Crippen LogP contribution in [0, 0.1) is 13.8 Å². The van der Waals surface area contributed by atoms with Crippen LogP contribution in [-0.4, -0.2) is 84.5 Å². The molecule has 5 heterocycles. The zero-order valence-electron chi connectivity index (χ0n) is 45.1. The molecular formula is C59H65N4O13PSSi. The van der Waals surface area contributed by atoms with Crippen LogP contribution in [0.2, 0.25) is 5.04 Å². The standard InChI is InChI=1S/C59H65N4O13PSSi/c1-38-35-62(56(66)60-54(38)64)51-33-48(50(72-51)37-71-59(40-17-11-8-12-18-40,41-23-27-43(69-6)28-24-41)42-25-29-44(70-7)30-26-42)75-77(68)74-47(31-32-78-77)53-49(34-52(73-53)63-36-39(2)55(65)61-57(63)67)76-79(58(3,4)5,45-19-13-9-14-20-45)46-21-15-10-16-22-46/h8-30,35-36,47-53H,31-34,37H2,1-7H3,(H,60,64,66)(H,61,65,67)/t47-,48-,49-,50+,51+,52+,53+,77+/m0/s1. The highest BCUT2D eigenvalue weighted by molar-refractivity contribution is 8.55. The molecule has 3 aliphatic heterocycles. The predicted molar refractivity (Wildman–Crippen MR) is 304 cm³/mol. The van der Waals surface area contributed by atoms with E-state index < -0.39 is 91.2 Å². The van der Waals surface area contributed by atoms with Gasteiger partial charge in [-0.15, -0.1) is 0 Å². The third-order valence-corrected chi connectivity index (χ3v) is 24.0. The van der Waals surface area contributed by atoms with Crippen molar-refractivity contribution in [3.05, 3.63) is 221 Å². The van der Waals surface area contributed by atoms with Crippen LogP contribution in [-0.2, 0) is 37.9 Å². The zero-order chi connectivity index (χ0) is 55.7. The van der Waals surface area contributed by atoms with E-state index in [1.165, 1.54) is 21.5 Å². The molecule has 20 heteroatoms. The minimum Gasteiger partial charge on any atom is -0.497 e. The molecule has 7 aromatic rings. The summed E-state index contributed by atoms with van der Waals surface area (Å²) in [6.45, 7) is 5.38. The number of nitrogens with zero attached hydrogens (tertiary/aromatic N) is 2. The van der Waals surface area contributed by atoms with Gasteiger partial charge in [0, 0.05) is 42.1 Å². The lowest BCUT2D eigenvalue weighted by molar-refractivity contribution is -0.0959. The minimum atomic E-state index is -4.19. The number of methoxy groups -OCH3 is 2. The maximum atomic E-state index is 15.7. The summed E-state index contributed by atoms with van der Waals surface area (Å²) in [5.41, 5.74) is -0.743. The summed E-state index contributed by atoms with van der Waals surface area (Å²) in [7, 11) is -0.0970. The van der Waals surface area contributed by atoms with Gasteiger partial charge in [0.05, 0.1) is 33.0 Å². The maximum Gasteiger partial charge on any atom is 0.389 e. The summed E-state index contributed by atoms with van der Waals surface area (Å²) in [5.74, 6) is 1.62. The molecular weight excluding hydrogens is 1060 g/mol. The number of H-pyrrole nitrogens is 2. The molecule has 0 spiro atoms. The van der Waals surface area contributed by atoms with Crippen molar-refractivity contribution >= 4 is 36.9 Å². The van der Waals surface area contributed by atoms with Gasteiger partial charge in [-0.2, -0.15) is 0 Å². The molecule has 0 unspecified atom stereocenters. The molecule has 3 saturated heterocycles. The first-order valence-corrected chi connectivity index (χ1v) is 31.3. The van der Waals surface area contributed by atoms with Crippen LogP contribution in [0.25, 0.3) is 0 Å². The number of aromatic amines is 2. The van der Waals surface area contributed by atoms with Crippen molar-refractivity contribution in [3.8, 4) is 11.5 Å². The Balaban J connectivity index is 1.02. The van der Waals surface area contributed by atoms with E-state index in [1.807, 2.05) is 115 Å². The van der Waals surface area contributed by atoms with E-state index >= 15 is 4.57 Å². The molecule has 3 aliphatic rings. The van der Waals surface area contributed by atoms with Crippen molar-refractivity contribution in [3.63, 3.8) is 0 Å². The van der Waals surface area contributed by atoms with Gasteiger partial charge in [0.1, 0.15) is 47.9 Å². The highest BCUT2D eigenvalue weighted by Crippen LogP contribution is 2.67. The molecule has 17 nitrogen and oxygen atoms in total. The number of rotatable bonds is 17. The van der Waals surface area contributed by atoms with Crippen molar-refractivity contribution < 1.29 is 41.7 Å². The van der Waals surface area contributed by atoms with Gasteiger partial charge in [0.2, 0.25) is 0 Å². The predicted octanol–water partition coefficient (Wildman–Crippen LogP) is 8.27. The highest BCUT2D eigenvalue weighted by atomic mass is 32.7. The van der Waals surface area contributed by atoms with Crippen LogP contribution in [0.5, 0.6) is 11.5 Å². The van der Waals surface area contributed by atoms with Gasteiger partial charge in [0.15, 0.2) is 0 Å². The molecule has 3 fully saturated rings. The second-order valence-electron chi connectivity index (χ2n) is 21.1. The first-order valence-electron chi connectivity index (χ1n) is 26.3. The molecule has 5 aromatic carbocycles. The van der Waals surface area contributed by atoms with E-state index in [0.717, 1.165) is 38.4 Å². The van der Waals surface area contributed by atoms with E-state index in [0.29, 0.717) is 29.2 Å². The van der Waals surface area contributed by atoms with Gasteiger partial charge >= 0.3 is 18.2 Å². The summed E-state index contributed by atoms with van der Waals surface area (Å²) >= 11 is 1.05. The van der Waals surface area contributed by atoms with Crippen LogP contribution >= 0.6 is 18.2 Å². The molecule has 0 bridgehead atoms. The number of benzene rings is 5. The van der Waals surface area contributed by atoms with Gasteiger partial charge in [-0.3, -0.25) is 37.7 Å². The average molecular weight is 1130 g/mol. The molecule has 8 atom stereocenters. The monoisotopic (exact) mass is 1130 g/mol. The molecule has 10 rings (SSSR count). The lowest BCUT2D eigenvalue weighted by Gasteiger charge is -2.46. The molecule has 0 saturated carbocycles. The smallest absolute Gasteiger partial charge is 0.389 e. The first kappa shape index (κ1) is 55.9. The molecule has 0 aliphatic carbocycles.